The van der Waals surface area contributed by atoms with E-state index in [0.29, 0.717) is 12.0 Å². The topological polar surface area (TPSA) is 67.4 Å². The lowest BCUT2D eigenvalue weighted by Crippen LogP contribution is -2.40. The van der Waals surface area contributed by atoms with Crippen LogP contribution in [-0.2, 0) is 14.2 Å². The molecule has 0 aliphatic carbocycles. The number of likely N-dealkylation sites (tertiary alicyclic amines) is 1. The van der Waals surface area contributed by atoms with Crippen LogP contribution in [-0.4, -0.2) is 89.8 Å². The van der Waals surface area contributed by atoms with E-state index in [-0.39, 0.29) is 0 Å². The summed E-state index contributed by atoms with van der Waals surface area (Å²) in [5, 5.41) is 6.76. The summed E-state index contributed by atoms with van der Waals surface area (Å²) in [5.74, 6) is 1.50. The SMILES string of the molecule is CCNC(=NCC1CCCN1CCOC)NCCCOCC1CCOC1. The molecular formula is C19H38N4O3. The molecule has 2 heterocycles. The molecule has 2 N–H and O–H groups in total. The van der Waals surface area contributed by atoms with Gasteiger partial charge in [0.15, 0.2) is 5.96 Å². The smallest absolute Gasteiger partial charge is 0.191 e. The minimum Gasteiger partial charge on any atom is -0.383 e. The zero-order valence-corrected chi connectivity index (χ0v) is 16.7. The highest BCUT2D eigenvalue weighted by atomic mass is 16.5. The van der Waals surface area contributed by atoms with Gasteiger partial charge >= 0.3 is 0 Å². The van der Waals surface area contributed by atoms with Gasteiger partial charge in [-0.05, 0) is 39.2 Å². The number of methoxy groups -OCH3 is 1. The third-order valence-electron chi connectivity index (χ3n) is 5.02. The molecule has 0 saturated carbocycles. The second kappa shape index (κ2) is 13.3. The average Bonchev–Trinajstić information content (AvgIpc) is 3.32. The van der Waals surface area contributed by atoms with E-state index >= 15 is 0 Å². The van der Waals surface area contributed by atoms with Crippen LogP contribution in [0.5, 0.6) is 0 Å². The predicted molar refractivity (Wildman–Crippen MR) is 105 cm³/mol. The normalized spacial score (nSPS) is 24.3. The van der Waals surface area contributed by atoms with Gasteiger partial charge in [0.25, 0.3) is 0 Å². The van der Waals surface area contributed by atoms with E-state index in [1.807, 2.05) is 0 Å². The molecule has 0 aromatic rings. The zero-order valence-electron chi connectivity index (χ0n) is 16.7. The van der Waals surface area contributed by atoms with E-state index in [9.17, 15) is 0 Å². The van der Waals surface area contributed by atoms with E-state index in [2.05, 4.69) is 22.5 Å². The molecule has 2 fully saturated rings. The fourth-order valence-electron chi connectivity index (χ4n) is 3.49. The molecule has 0 spiro atoms. The van der Waals surface area contributed by atoms with E-state index in [1.165, 1.54) is 12.8 Å². The lowest BCUT2D eigenvalue weighted by atomic mass is 10.1. The van der Waals surface area contributed by atoms with Crippen LogP contribution in [0.15, 0.2) is 4.99 Å². The van der Waals surface area contributed by atoms with Crippen LogP contribution in [0.1, 0.15) is 32.6 Å². The average molecular weight is 371 g/mol. The molecule has 2 saturated heterocycles. The maximum atomic E-state index is 5.75. The zero-order chi connectivity index (χ0) is 18.5. The summed E-state index contributed by atoms with van der Waals surface area (Å²) in [6.45, 7) is 11.0. The molecule has 2 atom stereocenters. The molecule has 2 aliphatic rings. The first-order valence-electron chi connectivity index (χ1n) is 10.2. The highest BCUT2D eigenvalue weighted by Gasteiger charge is 2.23. The van der Waals surface area contributed by atoms with Crippen molar-refractivity contribution in [3.05, 3.63) is 0 Å². The Labute approximate surface area is 158 Å². The molecule has 0 aromatic heterocycles. The van der Waals surface area contributed by atoms with Crippen LogP contribution in [0.4, 0.5) is 0 Å². The molecule has 2 unspecified atom stereocenters. The van der Waals surface area contributed by atoms with Crippen LogP contribution in [0.2, 0.25) is 0 Å². The third-order valence-corrected chi connectivity index (χ3v) is 5.02. The van der Waals surface area contributed by atoms with Gasteiger partial charge in [-0.25, -0.2) is 0 Å². The van der Waals surface area contributed by atoms with Gasteiger partial charge in [-0.2, -0.15) is 0 Å². The Hall–Kier alpha value is -0.890. The molecule has 0 aromatic carbocycles. The second-order valence-electron chi connectivity index (χ2n) is 7.13. The van der Waals surface area contributed by atoms with Gasteiger partial charge in [0.1, 0.15) is 0 Å². The minimum absolute atomic E-state index is 0.539. The number of hydrogen-bond acceptors (Lipinski definition) is 5. The lowest BCUT2D eigenvalue weighted by Gasteiger charge is -2.23. The van der Waals surface area contributed by atoms with Gasteiger partial charge in [0.2, 0.25) is 0 Å². The summed E-state index contributed by atoms with van der Waals surface area (Å²) in [4.78, 5) is 7.29. The summed E-state index contributed by atoms with van der Waals surface area (Å²) in [6, 6.07) is 0.539. The van der Waals surface area contributed by atoms with E-state index in [4.69, 9.17) is 19.2 Å². The number of guanidine groups is 1. The van der Waals surface area contributed by atoms with Crippen molar-refractivity contribution in [1.29, 1.82) is 0 Å². The lowest BCUT2D eigenvalue weighted by molar-refractivity contribution is 0.0888. The van der Waals surface area contributed by atoms with Gasteiger partial charge in [-0.3, -0.25) is 9.89 Å². The van der Waals surface area contributed by atoms with Gasteiger partial charge in [0, 0.05) is 51.9 Å². The van der Waals surface area contributed by atoms with Crippen LogP contribution in [0.3, 0.4) is 0 Å². The molecule has 0 bridgehead atoms. The van der Waals surface area contributed by atoms with Gasteiger partial charge in [-0.1, -0.05) is 0 Å². The largest absolute Gasteiger partial charge is 0.383 e. The molecule has 7 heteroatoms. The summed E-state index contributed by atoms with van der Waals surface area (Å²) in [7, 11) is 1.77. The monoisotopic (exact) mass is 370 g/mol. The van der Waals surface area contributed by atoms with Gasteiger partial charge < -0.3 is 24.8 Å². The van der Waals surface area contributed by atoms with Crippen molar-refractivity contribution in [1.82, 2.24) is 15.5 Å². The van der Waals surface area contributed by atoms with Crippen molar-refractivity contribution >= 4 is 5.96 Å². The number of rotatable bonds is 12. The fraction of sp³-hybridized carbons (Fsp3) is 0.947. The van der Waals surface area contributed by atoms with Crippen molar-refractivity contribution in [2.45, 2.75) is 38.6 Å². The molecule has 2 rings (SSSR count). The van der Waals surface area contributed by atoms with Crippen molar-refractivity contribution < 1.29 is 14.2 Å². The Balaban J connectivity index is 1.60. The molecule has 152 valence electrons. The van der Waals surface area contributed by atoms with Gasteiger partial charge in [-0.15, -0.1) is 0 Å². The maximum Gasteiger partial charge on any atom is 0.191 e. The van der Waals surface area contributed by atoms with Crippen LogP contribution >= 0.6 is 0 Å². The summed E-state index contributed by atoms with van der Waals surface area (Å²) < 4.78 is 16.3. The fourth-order valence-corrected chi connectivity index (χ4v) is 3.49. The molecule has 0 radical (unpaired) electrons. The minimum atomic E-state index is 0.539. The highest BCUT2D eigenvalue weighted by molar-refractivity contribution is 5.79. The summed E-state index contributed by atoms with van der Waals surface area (Å²) in [5.41, 5.74) is 0. The molecule has 0 amide bonds. The molecule has 2 aliphatic heterocycles. The Morgan fingerprint density at radius 1 is 1.27 bits per heavy atom. The number of hydrogen-bond donors (Lipinski definition) is 2. The Kier molecular flexibility index (Phi) is 11.0. The predicted octanol–water partition coefficient (Wildman–Crippen LogP) is 1.10. The van der Waals surface area contributed by atoms with Crippen molar-refractivity contribution in [3.63, 3.8) is 0 Å². The molecular weight excluding hydrogens is 332 g/mol. The van der Waals surface area contributed by atoms with Crippen molar-refractivity contribution in [2.75, 3.05) is 72.9 Å². The summed E-state index contributed by atoms with van der Waals surface area (Å²) in [6.07, 6.45) is 4.61. The van der Waals surface area contributed by atoms with Crippen LogP contribution in [0.25, 0.3) is 0 Å². The molecule has 26 heavy (non-hydrogen) atoms. The van der Waals surface area contributed by atoms with Crippen molar-refractivity contribution in [3.8, 4) is 0 Å². The number of nitrogens with one attached hydrogen (secondary N) is 2. The second-order valence-corrected chi connectivity index (χ2v) is 7.13. The molecule has 7 nitrogen and oxygen atoms in total. The summed E-state index contributed by atoms with van der Waals surface area (Å²) >= 11 is 0. The van der Waals surface area contributed by atoms with Crippen LogP contribution in [0, 0.1) is 5.92 Å². The first-order chi connectivity index (χ1) is 12.8. The van der Waals surface area contributed by atoms with E-state index in [1.54, 1.807) is 7.11 Å². The Morgan fingerprint density at radius 3 is 2.96 bits per heavy atom. The number of nitrogens with zero attached hydrogens (tertiary/aromatic N) is 2. The van der Waals surface area contributed by atoms with Crippen LogP contribution < -0.4 is 10.6 Å². The van der Waals surface area contributed by atoms with Crippen molar-refractivity contribution in [2.24, 2.45) is 10.9 Å². The maximum absolute atomic E-state index is 5.75. The standard InChI is InChI=1S/C19H38N4O3/c1-3-20-19(21-8-5-11-25-15-17-7-12-26-16-17)22-14-18-6-4-9-23(18)10-13-24-2/h17-18H,3-16H2,1-2H3,(H2,20,21,22). The Bertz CT molecular complexity index is 389. The first kappa shape index (κ1) is 21.4. The third kappa shape index (κ3) is 8.20. The Morgan fingerprint density at radius 2 is 2.19 bits per heavy atom. The van der Waals surface area contributed by atoms with E-state index < -0.39 is 0 Å². The highest BCUT2D eigenvalue weighted by Crippen LogP contribution is 2.16. The quantitative estimate of drug-likeness (QED) is 0.305. The van der Waals surface area contributed by atoms with Gasteiger partial charge in [0.05, 0.1) is 26.4 Å². The van der Waals surface area contributed by atoms with E-state index in [0.717, 1.165) is 84.6 Å². The first-order valence-corrected chi connectivity index (χ1v) is 10.2. The number of aliphatic imine (C=N–C) groups is 1. The number of ether oxygens (including phenoxy) is 3.